The molecule has 21 heavy (non-hydrogen) atoms. The third kappa shape index (κ3) is 4.27. The molecule has 0 aliphatic heterocycles. The van der Waals surface area contributed by atoms with Gasteiger partial charge in [0.2, 0.25) is 0 Å². The number of aromatic nitrogens is 1. The summed E-state index contributed by atoms with van der Waals surface area (Å²) in [6.45, 7) is 11.5. The van der Waals surface area contributed by atoms with Crippen LogP contribution in [0.25, 0.3) is 0 Å². The molecular weight excluding hydrogens is 280 g/mol. The van der Waals surface area contributed by atoms with E-state index in [-0.39, 0.29) is 5.60 Å². The highest BCUT2D eigenvalue weighted by atomic mass is 32.1. The highest BCUT2D eigenvalue weighted by Gasteiger charge is 2.37. The fraction of sp³-hybridized carbons (Fsp3) is 0.824. The van der Waals surface area contributed by atoms with Gasteiger partial charge in [0, 0.05) is 18.0 Å². The molecule has 0 radical (unpaired) electrons. The molecular formula is C17H30N2OS. The molecule has 1 saturated carbocycles. The Hall–Kier alpha value is -0.450. The Morgan fingerprint density at radius 3 is 2.62 bits per heavy atom. The van der Waals surface area contributed by atoms with E-state index in [2.05, 4.69) is 33.0 Å². The summed E-state index contributed by atoms with van der Waals surface area (Å²) in [7, 11) is 0. The standard InChI is InChI=1S/C17H30N2OS/c1-5-20-17(9-7-6-8-10-17)16-19-14(4)15(21-16)12-18-11-13(2)3/h13,18H,5-12H2,1-4H3. The predicted octanol–water partition coefficient (Wildman–Crippen LogP) is 4.39. The van der Waals surface area contributed by atoms with Crippen molar-refractivity contribution in [3.05, 3.63) is 15.6 Å². The summed E-state index contributed by atoms with van der Waals surface area (Å²) in [5.41, 5.74) is 1.08. The lowest BCUT2D eigenvalue weighted by Gasteiger charge is -2.35. The summed E-state index contributed by atoms with van der Waals surface area (Å²) in [6, 6.07) is 0. The Morgan fingerprint density at radius 1 is 1.29 bits per heavy atom. The van der Waals surface area contributed by atoms with Gasteiger partial charge in [-0.2, -0.15) is 0 Å². The molecule has 0 unspecified atom stereocenters. The van der Waals surface area contributed by atoms with E-state index < -0.39 is 0 Å². The van der Waals surface area contributed by atoms with Crippen LogP contribution in [0.5, 0.6) is 0 Å². The molecule has 2 rings (SSSR count). The van der Waals surface area contributed by atoms with Gasteiger partial charge >= 0.3 is 0 Å². The summed E-state index contributed by atoms with van der Waals surface area (Å²) < 4.78 is 6.20. The molecule has 0 saturated heterocycles. The van der Waals surface area contributed by atoms with Gasteiger partial charge in [-0.05, 0) is 39.2 Å². The highest BCUT2D eigenvalue weighted by molar-refractivity contribution is 7.11. The van der Waals surface area contributed by atoms with Crippen LogP contribution < -0.4 is 5.32 Å². The van der Waals surface area contributed by atoms with Crippen LogP contribution in [-0.2, 0) is 16.9 Å². The average Bonchev–Trinajstić information content (AvgIpc) is 2.82. The fourth-order valence-corrected chi connectivity index (χ4v) is 4.31. The number of hydrogen-bond acceptors (Lipinski definition) is 4. The molecule has 1 N–H and O–H groups in total. The Labute approximate surface area is 133 Å². The minimum Gasteiger partial charge on any atom is -0.368 e. The molecule has 1 aliphatic carbocycles. The zero-order chi connectivity index (χ0) is 15.3. The second-order valence-electron chi connectivity index (χ2n) is 6.54. The third-order valence-electron chi connectivity index (χ3n) is 4.20. The van der Waals surface area contributed by atoms with Crippen molar-refractivity contribution in [1.82, 2.24) is 10.3 Å². The first-order valence-electron chi connectivity index (χ1n) is 8.39. The van der Waals surface area contributed by atoms with Crippen molar-refractivity contribution in [2.75, 3.05) is 13.2 Å². The van der Waals surface area contributed by atoms with E-state index in [0.29, 0.717) is 5.92 Å². The van der Waals surface area contributed by atoms with E-state index >= 15 is 0 Å². The van der Waals surface area contributed by atoms with Gasteiger partial charge in [-0.3, -0.25) is 0 Å². The minimum atomic E-state index is -0.0985. The Morgan fingerprint density at radius 2 is 2.00 bits per heavy atom. The SMILES string of the molecule is CCOC1(c2nc(C)c(CNCC(C)C)s2)CCCCC1. The van der Waals surface area contributed by atoms with Crippen molar-refractivity contribution in [3.63, 3.8) is 0 Å². The third-order valence-corrected chi connectivity index (χ3v) is 5.55. The molecule has 0 atom stereocenters. The van der Waals surface area contributed by atoms with Crippen LogP contribution >= 0.6 is 11.3 Å². The average molecular weight is 311 g/mol. The minimum absolute atomic E-state index is 0.0985. The van der Waals surface area contributed by atoms with E-state index in [0.717, 1.165) is 32.5 Å². The second kappa shape index (κ2) is 7.70. The second-order valence-corrected chi connectivity index (χ2v) is 7.62. The number of rotatable bonds is 7. The largest absolute Gasteiger partial charge is 0.368 e. The van der Waals surface area contributed by atoms with E-state index in [1.807, 2.05) is 11.3 Å². The molecule has 1 aliphatic rings. The maximum absolute atomic E-state index is 6.20. The van der Waals surface area contributed by atoms with Gasteiger partial charge < -0.3 is 10.1 Å². The van der Waals surface area contributed by atoms with Gasteiger partial charge in [0.15, 0.2) is 0 Å². The smallest absolute Gasteiger partial charge is 0.125 e. The normalized spacial score (nSPS) is 18.3. The van der Waals surface area contributed by atoms with Crippen LogP contribution in [0.2, 0.25) is 0 Å². The van der Waals surface area contributed by atoms with Crippen molar-refractivity contribution in [2.24, 2.45) is 5.92 Å². The lowest BCUT2D eigenvalue weighted by Crippen LogP contribution is -2.32. The predicted molar refractivity (Wildman–Crippen MR) is 89.8 cm³/mol. The van der Waals surface area contributed by atoms with Crippen LogP contribution in [-0.4, -0.2) is 18.1 Å². The Balaban J connectivity index is 2.11. The van der Waals surface area contributed by atoms with Crippen molar-refractivity contribution in [2.45, 2.75) is 71.9 Å². The number of nitrogens with zero attached hydrogens (tertiary/aromatic N) is 1. The first-order chi connectivity index (χ1) is 10.1. The molecule has 120 valence electrons. The maximum Gasteiger partial charge on any atom is 0.125 e. The first kappa shape index (κ1) is 16.9. The Kier molecular flexibility index (Phi) is 6.20. The van der Waals surface area contributed by atoms with E-state index in [1.165, 1.54) is 34.8 Å². The molecule has 0 bridgehead atoms. The van der Waals surface area contributed by atoms with Crippen molar-refractivity contribution >= 4 is 11.3 Å². The molecule has 1 fully saturated rings. The zero-order valence-electron chi connectivity index (χ0n) is 14.0. The fourth-order valence-electron chi connectivity index (χ4n) is 3.08. The molecule has 0 spiro atoms. The molecule has 4 heteroatoms. The van der Waals surface area contributed by atoms with E-state index in [1.54, 1.807) is 0 Å². The molecule has 1 aromatic heterocycles. The Bertz CT molecular complexity index is 430. The maximum atomic E-state index is 6.20. The van der Waals surface area contributed by atoms with Gasteiger partial charge in [0.1, 0.15) is 10.6 Å². The van der Waals surface area contributed by atoms with Gasteiger partial charge in [-0.25, -0.2) is 4.98 Å². The monoisotopic (exact) mass is 310 g/mol. The van der Waals surface area contributed by atoms with Crippen LogP contribution in [0.1, 0.15) is 68.5 Å². The number of ether oxygens (including phenoxy) is 1. The van der Waals surface area contributed by atoms with Gasteiger partial charge in [-0.1, -0.05) is 33.1 Å². The van der Waals surface area contributed by atoms with Gasteiger partial charge in [0.05, 0.1) is 5.69 Å². The van der Waals surface area contributed by atoms with Crippen LogP contribution in [0.3, 0.4) is 0 Å². The van der Waals surface area contributed by atoms with Crippen molar-refractivity contribution in [1.29, 1.82) is 0 Å². The number of nitrogens with one attached hydrogen (secondary N) is 1. The molecule has 1 heterocycles. The molecule has 0 aromatic carbocycles. The van der Waals surface area contributed by atoms with Crippen molar-refractivity contribution < 1.29 is 4.74 Å². The summed E-state index contributed by atoms with van der Waals surface area (Å²) in [5, 5.41) is 4.74. The van der Waals surface area contributed by atoms with Crippen LogP contribution in [0.4, 0.5) is 0 Å². The summed E-state index contributed by atoms with van der Waals surface area (Å²) >= 11 is 1.86. The zero-order valence-corrected chi connectivity index (χ0v) is 14.8. The molecule has 0 amide bonds. The van der Waals surface area contributed by atoms with Crippen molar-refractivity contribution in [3.8, 4) is 0 Å². The number of aryl methyl sites for hydroxylation is 1. The number of hydrogen-bond donors (Lipinski definition) is 1. The van der Waals surface area contributed by atoms with Gasteiger partial charge in [-0.15, -0.1) is 11.3 Å². The van der Waals surface area contributed by atoms with E-state index in [9.17, 15) is 0 Å². The quantitative estimate of drug-likeness (QED) is 0.811. The van der Waals surface area contributed by atoms with Gasteiger partial charge in [0.25, 0.3) is 0 Å². The summed E-state index contributed by atoms with van der Waals surface area (Å²) in [5.74, 6) is 0.686. The topological polar surface area (TPSA) is 34.1 Å². The lowest BCUT2D eigenvalue weighted by molar-refractivity contribution is -0.0705. The highest BCUT2D eigenvalue weighted by Crippen LogP contribution is 2.42. The molecule has 1 aromatic rings. The van der Waals surface area contributed by atoms with E-state index in [4.69, 9.17) is 9.72 Å². The first-order valence-corrected chi connectivity index (χ1v) is 9.20. The van der Waals surface area contributed by atoms with Crippen LogP contribution in [0.15, 0.2) is 0 Å². The van der Waals surface area contributed by atoms with Crippen LogP contribution in [0, 0.1) is 12.8 Å². The molecule has 3 nitrogen and oxygen atoms in total. The lowest BCUT2D eigenvalue weighted by atomic mass is 9.85. The number of thiazole rings is 1. The summed E-state index contributed by atoms with van der Waals surface area (Å²) in [6.07, 6.45) is 6.13. The summed E-state index contributed by atoms with van der Waals surface area (Å²) in [4.78, 5) is 6.25.